The second-order valence-electron chi connectivity index (χ2n) is 2.46. The first kappa shape index (κ1) is 9.51. The maximum absolute atomic E-state index is 11.0. The maximum atomic E-state index is 11.0. The minimum Gasteiger partial charge on any atom is -0.491 e. The summed E-state index contributed by atoms with van der Waals surface area (Å²) in [6.45, 7) is 1.45. The van der Waals surface area contributed by atoms with Crippen molar-refractivity contribution in [2.45, 2.75) is 6.92 Å². The lowest BCUT2D eigenvalue weighted by molar-refractivity contribution is 0.101. The summed E-state index contributed by atoms with van der Waals surface area (Å²) >= 11 is 0. The first-order valence-corrected chi connectivity index (χ1v) is 3.79. The molecule has 0 unspecified atom stereocenters. The molecule has 0 N–H and O–H groups in total. The molecule has 0 aromatic carbocycles. The summed E-state index contributed by atoms with van der Waals surface area (Å²) in [4.78, 5) is 14.9. The highest BCUT2D eigenvalue weighted by Crippen LogP contribution is 2.23. The molecule has 0 saturated heterocycles. The number of pyridine rings is 1. The van der Waals surface area contributed by atoms with Crippen LogP contribution < -0.4 is 9.47 Å². The lowest BCUT2D eigenvalue weighted by Gasteiger charge is -2.06. The van der Waals surface area contributed by atoms with Crippen LogP contribution in [0.25, 0.3) is 0 Å². The number of ketones is 1. The number of carbonyl (C=O) groups excluding carboxylic acids is 1. The van der Waals surface area contributed by atoms with E-state index in [1.54, 1.807) is 12.1 Å². The number of methoxy groups -OCH3 is 2. The molecule has 70 valence electrons. The van der Waals surface area contributed by atoms with Crippen LogP contribution in [-0.2, 0) is 0 Å². The Balaban J connectivity index is 3.13. The summed E-state index contributed by atoms with van der Waals surface area (Å²) in [5.74, 6) is 0.753. The van der Waals surface area contributed by atoms with E-state index in [0.717, 1.165) is 0 Å². The topological polar surface area (TPSA) is 48.4 Å². The van der Waals surface area contributed by atoms with Crippen LogP contribution in [0.1, 0.15) is 17.4 Å². The van der Waals surface area contributed by atoms with Crippen molar-refractivity contribution in [1.29, 1.82) is 0 Å². The van der Waals surface area contributed by atoms with Crippen molar-refractivity contribution in [3.8, 4) is 11.6 Å². The zero-order chi connectivity index (χ0) is 9.84. The van der Waals surface area contributed by atoms with E-state index in [2.05, 4.69) is 4.98 Å². The third-order valence-electron chi connectivity index (χ3n) is 1.60. The van der Waals surface area contributed by atoms with Crippen LogP contribution in [0.3, 0.4) is 0 Å². The number of carbonyl (C=O) groups is 1. The van der Waals surface area contributed by atoms with Crippen molar-refractivity contribution in [3.05, 3.63) is 17.8 Å². The van der Waals surface area contributed by atoms with Gasteiger partial charge in [0.25, 0.3) is 5.88 Å². The SMILES string of the molecule is COc1ccc(C(C)=O)nc1OC. The van der Waals surface area contributed by atoms with E-state index in [-0.39, 0.29) is 5.78 Å². The Kier molecular flexibility index (Phi) is 2.84. The van der Waals surface area contributed by atoms with E-state index >= 15 is 0 Å². The lowest BCUT2D eigenvalue weighted by atomic mass is 10.3. The summed E-state index contributed by atoms with van der Waals surface area (Å²) in [5, 5.41) is 0. The Labute approximate surface area is 76.5 Å². The van der Waals surface area contributed by atoms with E-state index in [9.17, 15) is 4.79 Å². The van der Waals surface area contributed by atoms with Gasteiger partial charge in [0.1, 0.15) is 5.69 Å². The van der Waals surface area contributed by atoms with Gasteiger partial charge in [-0.1, -0.05) is 0 Å². The van der Waals surface area contributed by atoms with Gasteiger partial charge < -0.3 is 9.47 Å². The Hall–Kier alpha value is -1.58. The highest BCUT2D eigenvalue weighted by atomic mass is 16.5. The van der Waals surface area contributed by atoms with Crippen LogP contribution in [0, 0.1) is 0 Å². The minimum absolute atomic E-state index is 0.0963. The zero-order valence-corrected chi connectivity index (χ0v) is 7.83. The van der Waals surface area contributed by atoms with Crippen molar-refractivity contribution in [2.24, 2.45) is 0 Å². The van der Waals surface area contributed by atoms with Crippen LogP contribution in [0.2, 0.25) is 0 Å². The lowest BCUT2D eigenvalue weighted by Crippen LogP contribution is -2.00. The van der Waals surface area contributed by atoms with Crippen LogP contribution in [0.5, 0.6) is 11.6 Å². The third-order valence-corrected chi connectivity index (χ3v) is 1.60. The van der Waals surface area contributed by atoms with Crippen molar-refractivity contribution < 1.29 is 14.3 Å². The number of aromatic nitrogens is 1. The average molecular weight is 181 g/mol. The molecule has 4 nitrogen and oxygen atoms in total. The Morgan fingerprint density at radius 2 is 2.00 bits per heavy atom. The molecule has 0 aliphatic carbocycles. The van der Waals surface area contributed by atoms with E-state index in [1.807, 2.05) is 0 Å². The van der Waals surface area contributed by atoms with E-state index in [1.165, 1.54) is 21.1 Å². The van der Waals surface area contributed by atoms with Gasteiger partial charge in [0, 0.05) is 6.92 Å². The van der Waals surface area contributed by atoms with Gasteiger partial charge in [-0.2, -0.15) is 0 Å². The Morgan fingerprint density at radius 3 is 2.46 bits per heavy atom. The van der Waals surface area contributed by atoms with Gasteiger partial charge >= 0.3 is 0 Å². The number of Topliss-reactive ketones (excluding diaryl/α,β-unsaturated/α-hetero) is 1. The zero-order valence-electron chi connectivity index (χ0n) is 7.83. The molecule has 0 atom stereocenters. The Bertz CT molecular complexity index is 323. The molecule has 0 aliphatic heterocycles. The van der Waals surface area contributed by atoms with Crippen LogP contribution >= 0.6 is 0 Å². The molecular formula is C9H11NO3. The predicted molar refractivity (Wildman–Crippen MR) is 47.3 cm³/mol. The molecule has 13 heavy (non-hydrogen) atoms. The molecule has 4 heteroatoms. The number of hydrogen-bond donors (Lipinski definition) is 0. The second kappa shape index (κ2) is 3.89. The Morgan fingerprint density at radius 1 is 1.31 bits per heavy atom. The van der Waals surface area contributed by atoms with Crippen molar-refractivity contribution in [2.75, 3.05) is 14.2 Å². The molecule has 0 spiro atoms. The molecule has 0 fully saturated rings. The fourth-order valence-electron chi connectivity index (χ4n) is 0.925. The maximum Gasteiger partial charge on any atom is 0.257 e. The van der Waals surface area contributed by atoms with E-state index in [4.69, 9.17) is 9.47 Å². The smallest absolute Gasteiger partial charge is 0.257 e. The highest BCUT2D eigenvalue weighted by Gasteiger charge is 2.08. The average Bonchev–Trinajstić information content (AvgIpc) is 2.16. The number of ether oxygens (including phenoxy) is 2. The largest absolute Gasteiger partial charge is 0.491 e. The molecular weight excluding hydrogens is 170 g/mol. The molecule has 0 bridgehead atoms. The minimum atomic E-state index is -0.0963. The van der Waals surface area contributed by atoms with Gasteiger partial charge in [0.15, 0.2) is 11.5 Å². The molecule has 0 amide bonds. The molecule has 1 heterocycles. The fraction of sp³-hybridized carbons (Fsp3) is 0.333. The van der Waals surface area contributed by atoms with Crippen LogP contribution in [0.15, 0.2) is 12.1 Å². The quantitative estimate of drug-likeness (QED) is 0.659. The first-order chi connectivity index (χ1) is 6.19. The van der Waals surface area contributed by atoms with Crippen LogP contribution in [-0.4, -0.2) is 25.0 Å². The first-order valence-electron chi connectivity index (χ1n) is 3.79. The molecule has 0 aliphatic rings. The highest BCUT2D eigenvalue weighted by molar-refractivity contribution is 5.92. The summed E-state index contributed by atoms with van der Waals surface area (Å²) in [7, 11) is 3.00. The van der Waals surface area contributed by atoms with Crippen LogP contribution in [0.4, 0.5) is 0 Å². The van der Waals surface area contributed by atoms with Gasteiger partial charge in [0.05, 0.1) is 14.2 Å². The summed E-state index contributed by atoms with van der Waals surface area (Å²) in [5.41, 5.74) is 0.373. The van der Waals surface area contributed by atoms with Gasteiger partial charge in [-0.15, -0.1) is 0 Å². The van der Waals surface area contributed by atoms with Crippen molar-refractivity contribution in [1.82, 2.24) is 4.98 Å². The molecule has 1 rings (SSSR count). The monoisotopic (exact) mass is 181 g/mol. The standard InChI is InChI=1S/C9H11NO3/c1-6(11)7-4-5-8(12-2)9(10-7)13-3/h4-5H,1-3H3. The number of rotatable bonds is 3. The van der Waals surface area contributed by atoms with Gasteiger partial charge in [-0.25, -0.2) is 4.98 Å². The van der Waals surface area contributed by atoms with E-state index in [0.29, 0.717) is 17.3 Å². The van der Waals surface area contributed by atoms with Gasteiger partial charge in [-0.05, 0) is 12.1 Å². The molecule has 0 saturated carbocycles. The second-order valence-corrected chi connectivity index (χ2v) is 2.46. The molecule has 1 aromatic rings. The van der Waals surface area contributed by atoms with E-state index < -0.39 is 0 Å². The summed E-state index contributed by atoms with van der Waals surface area (Å²) in [6, 6.07) is 3.26. The number of hydrogen-bond acceptors (Lipinski definition) is 4. The normalized spacial score (nSPS) is 9.46. The molecule has 0 radical (unpaired) electrons. The number of nitrogens with zero attached hydrogens (tertiary/aromatic N) is 1. The fourth-order valence-corrected chi connectivity index (χ4v) is 0.925. The summed E-state index contributed by atoms with van der Waals surface area (Å²) in [6.07, 6.45) is 0. The van der Waals surface area contributed by atoms with Crippen molar-refractivity contribution in [3.63, 3.8) is 0 Å². The van der Waals surface area contributed by atoms with Gasteiger partial charge in [0.2, 0.25) is 0 Å². The van der Waals surface area contributed by atoms with Crippen molar-refractivity contribution >= 4 is 5.78 Å². The molecule has 1 aromatic heterocycles. The predicted octanol–water partition coefficient (Wildman–Crippen LogP) is 1.30. The summed E-state index contributed by atoms with van der Waals surface area (Å²) < 4.78 is 9.91. The third kappa shape index (κ3) is 1.96. The van der Waals surface area contributed by atoms with Gasteiger partial charge in [-0.3, -0.25) is 4.79 Å².